The number of aryl methyl sites for hydroxylation is 1. The van der Waals surface area contributed by atoms with Gasteiger partial charge in [-0.05, 0) is 13.3 Å². The molecule has 0 fully saturated rings. The second-order valence-electron chi connectivity index (χ2n) is 2.69. The summed E-state index contributed by atoms with van der Waals surface area (Å²) >= 11 is 0. The maximum atomic E-state index is 4.28. The monoisotopic (exact) mass is 165 g/mol. The van der Waals surface area contributed by atoms with Gasteiger partial charge < -0.3 is 4.90 Å². The Morgan fingerprint density at radius 2 is 1.92 bits per heavy atom. The highest BCUT2D eigenvalue weighted by Crippen LogP contribution is 2.12. The van der Waals surface area contributed by atoms with E-state index in [0.29, 0.717) is 0 Å². The van der Waals surface area contributed by atoms with Crippen LogP contribution in [-0.2, 0) is 6.42 Å². The molecule has 1 heterocycles. The molecule has 0 saturated heterocycles. The lowest BCUT2D eigenvalue weighted by Crippen LogP contribution is -2.19. The molecule has 12 heavy (non-hydrogen) atoms. The molecule has 0 N–H and O–H groups in total. The highest BCUT2D eigenvalue weighted by Gasteiger charge is 2.05. The minimum absolute atomic E-state index is 0.938. The highest BCUT2D eigenvalue weighted by atomic mass is 15.2. The van der Waals surface area contributed by atoms with Crippen LogP contribution >= 0.6 is 0 Å². The van der Waals surface area contributed by atoms with E-state index in [2.05, 4.69) is 28.7 Å². The van der Waals surface area contributed by atoms with Crippen molar-refractivity contribution in [2.24, 2.45) is 0 Å². The van der Waals surface area contributed by atoms with E-state index in [9.17, 15) is 0 Å². The fourth-order valence-corrected chi connectivity index (χ4v) is 1.08. The Morgan fingerprint density at radius 1 is 1.25 bits per heavy atom. The molecular weight excluding hydrogens is 150 g/mol. The van der Waals surface area contributed by atoms with Crippen LogP contribution in [0.3, 0.4) is 0 Å². The molecule has 0 aliphatic rings. The van der Waals surface area contributed by atoms with Crippen LogP contribution in [0.2, 0.25) is 0 Å². The number of hydrogen-bond acceptors (Lipinski definition) is 3. The molecule has 0 unspecified atom stereocenters. The first-order chi connectivity index (χ1) is 5.79. The van der Waals surface area contributed by atoms with Gasteiger partial charge in [-0.15, -0.1) is 0 Å². The summed E-state index contributed by atoms with van der Waals surface area (Å²) in [6.07, 6.45) is 4.42. The zero-order valence-electron chi connectivity index (χ0n) is 7.91. The van der Waals surface area contributed by atoms with Gasteiger partial charge in [0, 0.05) is 26.0 Å². The average molecular weight is 165 g/mol. The van der Waals surface area contributed by atoms with E-state index in [1.807, 2.05) is 7.05 Å². The molecule has 0 amide bonds. The van der Waals surface area contributed by atoms with Crippen LogP contribution < -0.4 is 4.90 Å². The summed E-state index contributed by atoms with van der Waals surface area (Å²) in [5, 5.41) is 0. The summed E-state index contributed by atoms with van der Waals surface area (Å²) < 4.78 is 0. The van der Waals surface area contributed by atoms with Gasteiger partial charge in [0.05, 0.1) is 5.69 Å². The number of anilines is 1. The topological polar surface area (TPSA) is 29.0 Å². The second kappa shape index (κ2) is 4.04. The molecule has 66 valence electrons. The van der Waals surface area contributed by atoms with Crippen LogP contribution in [0.25, 0.3) is 0 Å². The molecule has 0 atom stereocenters. The van der Waals surface area contributed by atoms with Crippen LogP contribution in [0.4, 0.5) is 5.82 Å². The van der Waals surface area contributed by atoms with Crippen molar-refractivity contribution in [3.8, 4) is 0 Å². The number of rotatable bonds is 3. The van der Waals surface area contributed by atoms with Crippen LogP contribution in [0.1, 0.15) is 19.5 Å². The molecule has 0 aromatic carbocycles. The van der Waals surface area contributed by atoms with E-state index >= 15 is 0 Å². The van der Waals surface area contributed by atoms with Crippen molar-refractivity contribution < 1.29 is 0 Å². The van der Waals surface area contributed by atoms with E-state index in [1.165, 1.54) is 0 Å². The van der Waals surface area contributed by atoms with Gasteiger partial charge in [-0.3, -0.25) is 4.98 Å². The normalized spacial score (nSPS) is 9.92. The molecule has 0 spiro atoms. The summed E-state index contributed by atoms with van der Waals surface area (Å²) in [6.45, 7) is 5.16. The van der Waals surface area contributed by atoms with Gasteiger partial charge in [-0.25, -0.2) is 4.98 Å². The van der Waals surface area contributed by atoms with Crippen molar-refractivity contribution in [3.63, 3.8) is 0 Å². The average Bonchev–Trinajstić information content (AvgIpc) is 2.16. The van der Waals surface area contributed by atoms with Crippen LogP contribution in [0.15, 0.2) is 12.4 Å². The van der Waals surface area contributed by atoms with Crippen molar-refractivity contribution in [1.82, 2.24) is 9.97 Å². The number of hydrogen-bond donors (Lipinski definition) is 0. The molecular formula is C9H15N3. The lowest BCUT2D eigenvalue weighted by atomic mass is 10.3. The Bertz CT molecular complexity index is 247. The first-order valence-corrected chi connectivity index (χ1v) is 4.30. The Balaban J connectivity index is 2.96. The zero-order chi connectivity index (χ0) is 8.97. The van der Waals surface area contributed by atoms with Gasteiger partial charge in [-0.1, -0.05) is 6.92 Å². The van der Waals surface area contributed by atoms with Gasteiger partial charge in [-0.2, -0.15) is 0 Å². The predicted molar refractivity (Wildman–Crippen MR) is 50.4 cm³/mol. The van der Waals surface area contributed by atoms with Gasteiger partial charge in [0.25, 0.3) is 0 Å². The molecule has 0 bridgehead atoms. The number of nitrogens with zero attached hydrogens (tertiary/aromatic N) is 3. The third-order valence-corrected chi connectivity index (χ3v) is 1.92. The van der Waals surface area contributed by atoms with Crippen molar-refractivity contribution in [1.29, 1.82) is 0 Å². The Hall–Kier alpha value is -1.12. The smallest absolute Gasteiger partial charge is 0.150 e. The van der Waals surface area contributed by atoms with E-state index in [0.717, 1.165) is 24.5 Å². The maximum Gasteiger partial charge on any atom is 0.150 e. The molecule has 0 aliphatic carbocycles. The molecule has 1 aromatic heterocycles. The fraction of sp³-hybridized carbons (Fsp3) is 0.556. The van der Waals surface area contributed by atoms with Crippen LogP contribution in [-0.4, -0.2) is 23.6 Å². The van der Waals surface area contributed by atoms with Gasteiger partial charge in [0.2, 0.25) is 0 Å². The standard InChI is InChI=1S/C9H15N3/c1-4-8-9(12(3)5-2)11-7-6-10-8/h6-7H,4-5H2,1-3H3. The van der Waals surface area contributed by atoms with Crippen LogP contribution in [0.5, 0.6) is 0 Å². The largest absolute Gasteiger partial charge is 0.358 e. The zero-order valence-corrected chi connectivity index (χ0v) is 7.91. The minimum atomic E-state index is 0.938. The Kier molecular flexibility index (Phi) is 3.02. The third kappa shape index (κ3) is 1.72. The Morgan fingerprint density at radius 3 is 2.50 bits per heavy atom. The lowest BCUT2D eigenvalue weighted by Gasteiger charge is -2.17. The minimum Gasteiger partial charge on any atom is -0.358 e. The van der Waals surface area contributed by atoms with Gasteiger partial charge in [0.1, 0.15) is 5.82 Å². The molecule has 1 aromatic rings. The summed E-state index contributed by atoms with van der Waals surface area (Å²) in [4.78, 5) is 10.6. The summed E-state index contributed by atoms with van der Waals surface area (Å²) in [7, 11) is 2.03. The van der Waals surface area contributed by atoms with E-state index in [4.69, 9.17) is 0 Å². The first-order valence-electron chi connectivity index (χ1n) is 4.30. The molecule has 1 rings (SSSR count). The van der Waals surface area contributed by atoms with E-state index < -0.39 is 0 Å². The lowest BCUT2D eigenvalue weighted by molar-refractivity contribution is 0.888. The molecule has 0 radical (unpaired) electrons. The van der Waals surface area contributed by atoms with Gasteiger partial charge >= 0.3 is 0 Å². The molecule has 0 aliphatic heterocycles. The van der Waals surface area contributed by atoms with Crippen molar-refractivity contribution in [2.45, 2.75) is 20.3 Å². The van der Waals surface area contributed by atoms with Gasteiger partial charge in [0.15, 0.2) is 0 Å². The van der Waals surface area contributed by atoms with Crippen LogP contribution in [0, 0.1) is 0 Å². The first kappa shape index (κ1) is 8.97. The van der Waals surface area contributed by atoms with Crippen molar-refractivity contribution in [2.75, 3.05) is 18.5 Å². The van der Waals surface area contributed by atoms with E-state index in [1.54, 1.807) is 12.4 Å². The predicted octanol–water partition coefficient (Wildman–Crippen LogP) is 1.50. The molecule has 0 saturated carbocycles. The summed E-state index contributed by atoms with van der Waals surface area (Å²) in [6, 6.07) is 0. The maximum absolute atomic E-state index is 4.28. The SMILES string of the molecule is CCc1nccnc1N(C)CC. The fourth-order valence-electron chi connectivity index (χ4n) is 1.08. The molecule has 3 nitrogen and oxygen atoms in total. The summed E-state index contributed by atoms with van der Waals surface area (Å²) in [5.41, 5.74) is 1.07. The van der Waals surface area contributed by atoms with E-state index in [-0.39, 0.29) is 0 Å². The highest BCUT2D eigenvalue weighted by molar-refractivity contribution is 5.41. The molecule has 3 heteroatoms. The Labute approximate surface area is 73.5 Å². The quantitative estimate of drug-likeness (QED) is 0.679. The summed E-state index contributed by atoms with van der Waals surface area (Å²) in [5.74, 6) is 1.00. The van der Waals surface area contributed by atoms with Crippen molar-refractivity contribution >= 4 is 5.82 Å². The van der Waals surface area contributed by atoms with Crippen molar-refractivity contribution in [3.05, 3.63) is 18.1 Å². The third-order valence-electron chi connectivity index (χ3n) is 1.92. The number of aromatic nitrogens is 2. The second-order valence-corrected chi connectivity index (χ2v) is 2.69.